The van der Waals surface area contributed by atoms with Gasteiger partial charge in [-0.25, -0.2) is 12.8 Å². The highest BCUT2D eigenvalue weighted by atomic mass is 35.5. The minimum absolute atomic E-state index is 0. The summed E-state index contributed by atoms with van der Waals surface area (Å²) < 4.78 is 39.7. The van der Waals surface area contributed by atoms with Crippen molar-refractivity contribution in [3.63, 3.8) is 0 Å². The molecule has 1 saturated heterocycles. The van der Waals surface area contributed by atoms with Gasteiger partial charge in [0.15, 0.2) is 0 Å². The molecule has 1 atom stereocenters. The molecule has 108 valence electrons. The van der Waals surface area contributed by atoms with Gasteiger partial charge in [0, 0.05) is 25.7 Å². The Bertz CT molecular complexity index is 551. The molecular weight excluding hydrogens is 291 g/mol. The van der Waals surface area contributed by atoms with Crippen LogP contribution >= 0.6 is 12.4 Å². The van der Waals surface area contributed by atoms with Gasteiger partial charge in [-0.05, 0) is 31.5 Å². The standard InChI is InChI=1S/C12H17FN2O2S.ClH/c1-9-3-4-11(13)7-12(9)18(16,17)15-6-5-14-8-10(15)2;/h3-4,7,10,14H,5-6,8H2,1-2H3;1H. The Labute approximate surface area is 119 Å². The third kappa shape index (κ3) is 3.25. The van der Waals surface area contributed by atoms with Gasteiger partial charge < -0.3 is 5.32 Å². The van der Waals surface area contributed by atoms with Crippen LogP contribution in [0.4, 0.5) is 4.39 Å². The molecule has 0 bridgehead atoms. The smallest absolute Gasteiger partial charge is 0.243 e. The van der Waals surface area contributed by atoms with Gasteiger partial charge in [-0.2, -0.15) is 4.31 Å². The van der Waals surface area contributed by atoms with Crippen LogP contribution in [0, 0.1) is 12.7 Å². The van der Waals surface area contributed by atoms with Gasteiger partial charge in [0.2, 0.25) is 10.0 Å². The molecule has 0 aliphatic carbocycles. The first-order valence-corrected chi connectivity index (χ1v) is 7.35. The zero-order valence-electron chi connectivity index (χ0n) is 10.9. The Morgan fingerprint density at radius 2 is 2.11 bits per heavy atom. The number of nitrogens with zero attached hydrogens (tertiary/aromatic N) is 1. The van der Waals surface area contributed by atoms with E-state index in [1.165, 1.54) is 16.4 Å². The number of hydrogen-bond donors (Lipinski definition) is 1. The predicted octanol–water partition coefficient (Wildman–Crippen LogP) is 1.54. The van der Waals surface area contributed by atoms with Crippen LogP contribution in [-0.2, 0) is 10.0 Å². The third-order valence-corrected chi connectivity index (χ3v) is 5.33. The SMILES string of the molecule is Cc1ccc(F)cc1S(=O)(=O)N1CCNCC1C.Cl. The Morgan fingerprint density at radius 1 is 1.42 bits per heavy atom. The number of piperazine rings is 1. The van der Waals surface area contributed by atoms with Crippen molar-refractivity contribution in [2.24, 2.45) is 0 Å². The Hall–Kier alpha value is -0.690. The lowest BCUT2D eigenvalue weighted by molar-refractivity contribution is 0.283. The van der Waals surface area contributed by atoms with Crippen LogP contribution in [0.3, 0.4) is 0 Å². The van der Waals surface area contributed by atoms with E-state index in [-0.39, 0.29) is 23.3 Å². The monoisotopic (exact) mass is 308 g/mol. The van der Waals surface area contributed by atoms with Crippen molar-refractivity contribution in [3.05, 3.63) is 29.6 Å². The van der Waals surface area contributed by atoms with Crippen LogP contribution < -0.4 is 5.32 Å². The van der Waals surface area contributed by atoms with E-state index in [9.17, 15) is 12.8 Å². The normalized spacial score (nSPS) is 20.9. The van der Waals surface area contributed by atoms with Crippen molar-refractivity contribution in [3.8, 4) is 0 Å². The number of benzene rings is 1. The van der Waals surface area contributed by atoms with Crippen molar-refractivity contribution < 1.29 is 12.8 Å². The number of hydrogen-bond acceptors (Lipinski definition) is 3. The summed E-state index contributed by atoms with van der Waals surface area (Å²) in [6.07, 6.45) is 0. The van der Waals surface area contributed by atoms with Crippen LogP contribution in [0.15, 0.2) is 23.1 Å². The summed E-state index contributed by atoms with van der Waals surface area (Å²) in [5.74, 6) is -0.526. The molecule has 0 saturated carbocycles. The number of rotatable bonds is 2. The minimum atomic E-state index is -3.61. The second-order valence-electron chi connectivity index (χ2n) is 4.58. The quantitative estimate of drug-likeness (QED) is 0.901. The van der Waals surface area contributed by atoms with Gasteiger partial charge in [-0.3, -0.25) is 0 Å². The van der Waals surface area contributed by atoms with Gasteiger partial charge >= 0.3 is 0 Å². The van der Waals surface area contributed by atoms with E-state index in [0.717, 1.165) is 6.07 Å². The summed E-state index contributed by atoms with van der Waals surface area (Å²) in [5.41, 5.74) is 0.571. The molecule has 0 aromatic heterocycles. The molecule has 1 N–H and O–H groups in total. The van der Waals surface area contributed by atoms with E-state index < -0.39 is 15.8 Å². The van der Waals surface area contributed by atoms with Gasteiger partial charge in [0.25, 0.3) is 0 Å². The zero-order valence-corrected chi connectivity index (χ0v) is 12.5. The predicted molar refractivity (Wildman–Crippen MR) is 74.6 cm³/mol. The van der Waals surface area contributed by atoms with Crippen LogP contribution in [0.25, 0.3) is 0 Å². The van der Waals surface area contributed by atoms with Crippen molar-refractivity contribution in [2.75, 3.05) is 19.6 Å². The molecule has 0 radical (unpaired) electrons. The molecule has 19 heavy (non-hydrogen) atoms. The van der Waals surface area contributed by atoms with Gasteiger partial charge in [-0.1, -0.05) is 6.07 Å². The Morgan fingerprint density at radius 3 is 2.74 bits per heavy atom. The van der Waals surface area contributed by atoms with E-state index in [2.05, 4.69) is 5.32 Å². The molecule has 1 aliphatic heterocycles. The minimum Gasteiger partial charge on any atom is -0.314 e. The second kappa shape index (κ2) is 6.17. The lowest BCUT2D eigenvalue weighted by atomic mass is 10.2. The zero-order chi connectivity index (χ0) is 13.3. The molecule has 0 amide bonds. The van der Waals surface area contributed by atoms with E-state index in [4.69, 9.17) is 0 Å². The number of nitrogens with one attached hydrogen (secondary N) is 1. The highest BCUT2D eigenvalue weighted by Crippen LogP contribution is 2.23. The summed E-state index contributed by atoms with van der Waals surface area (Å²) in [7, 11) is -3.61. The molecule has 1 fully saturated rings. The van der Waals surface area contributed by atoms with Crippen LogP contribution in [-0.4, -0.2) is 38.4 Å². The molecule has 4 nitrogen and oxygen atoms in total. The van der Waals surface area contributed by atoms with Gasteiger partial charge in [-0.15, -0.1) is 12.4 Å². The molecular formula is C12H18ClFN2O2S. The fourth-order valence-corrected chi connectivity index (χ4v) is 4.03. The fraction of sp³-hybridized carbons (Fsp3) is 0.500. The van der Waals surface area contributed by atoms with Crippen LogP contribution in [0.5, 0.6) is 0 Å². The third-order valence-electron chi connectivity index (χ3n) is 3.18. The Balaban J connectivity index is 0.00000180. The summed E-state index contributed by atoms with van der Waals surface area (Å²) in [5, 5.41) is 3.13. The lowest BCUT2D eigenvalue weighted by Gasteiger charge is -2.33. The van der Waals surface area contributed by atoms with E-state index in [0.29, 0.717) is 25.2 Å². The van der Waals surface area contributed by atoms with Crippen molar-refractivity contribution in [2.45, 2.75) is 24.8 Å². The van der Waals surface area contributed by atoms with Crippen LogP contribution in [0.1, 0.15) is 12.5 Å². The summed E-state index contributed by atoms with van der Waals surface area (Å²) in [4.78, 5) is 0.0660. The molecule has 2 rings (SSSR count). The molecule has 1 unspecified atom stereocenters. The maximum Gasteiger partial charge on any atom is 0.243 e. The lowest BCUT2D eigenvalue weighted by Crippen LogP contribution is -2.52. The molecule has 1 aliphatic rings. The van der Waals surface area contributed by atoms with Gasteiger partial charge in [0.1, 0.15) is 5.82 Å². The number of aryl methyl sites for hydroxylation is 1. The van der Waals surface area contributed by atoms with Crippen molar-refractivity contribution >= 4 is 22.4 Å². The summed E-state index contributed by atoms with van der Waals surface area (Å²) in [6, 6.07) is 3.75. The molecule has 7 heteroatoms. The topological polar surface area (TPSA) is 49.4 Å². The van der Waals surface area contributed by atoms with Crippen LogP contribution in [0.2, 0.25) is 0 Å². The van der Waals surface area contributed by atoms with E-state index >= 15 is 0 Å². The van der Waals surface area contributed by atoms with E-state index in [1.807, 2.05) is 6.92 Å². The average Bonchev–Trinajstić information content (AvgIpc) is 2.32. The number of halogens is 2. The molecule has 1 aromatic rings. The first kappa shape index (κ1) is 16.4. The van der Waals surface area contributed by atoms with Gasteiger partial charge in [0.05, 0.1) is 4.90 Å². The highest BCUT2D eigenvalue weighted by Gasteiger charge is 2.32. The first-order chi connectivity index (χ1) is 8.43. The first-order valence-electron chi connectivity index (χ1n) is 5.91. The molecule has 1 aromatic carbocycles. The molecule has 1 heterocycles. The molecule has 0 spiro atoms. The van der Waals surface area contributed by atoms with Crippen molar-refractivity contribution in [1.29, 1.82) is 0 Å². The maximum absolute atomic E-state index is 13.2. The highest BCUT2D eigenvalue weighted by molar-refractivity contribution is 7.89. The average molecular weight is 309 g/mol. The van der Waals surface area contributed by atoms with E-state index in [1.54, 1.807) is 6.92 Å². The Kier molecular flexibility index (Phi) is 5.32. The number of sulfonamides is 1. The fourth-order valence-electron chi connectivity index (χ4n) is 2.16. The largest absolute Gasteiger partial charge is 0.314 e. The maximum atomic E-state index is 13.2. The second-order valence-corrected chi connectivity index (χ2v) is 6.44. The summed E-state index contributed by atoms with van der Waals surface area (Å²) in [6.45, 7) is 5.18. The summed E-state index contributed by atoms with van der Waals surface area (Å²) >= 11 is 0. The van der Waals surface area contributed by atoms with Crippen molar-refractivity contribution in [1.82, 2.24) is 9.62 Å².